The van der Waals surface area contributed by atoms with Crippen LogP contribution in [0.15, 0.2) is 17.5 Å². The van der Waals surface area contributed by atoms with Gasteiger partial charge in [0.05, 0.1) is 6.04 Å². The Morgan fingerprint density at radius 3 is 3.06 bits per heavy atom. The highest BCUT2D eigenvalue weighted by Crippen LogP contribution is 2.22. The second-order valence-corrected chi connectivity index (χ2v) is 5.72. The quantitative estimate of drug-likeness (QED) is 0.883. The molecule has 1 aromatic rings. The second-order valence-electron chi connectivity index (χ2n) is 4.74. The number of ether oxygens (including phenoxy) is 1. The van der Waals surface area contributed by atoms with E-state index in [1.165, 1.54) is 4.88 Å². The zero-order valence-electron chi connectivity index (χ0n) is 10.9. The number of rotatable bonds is 5. The van der Waals surface area contributed by atoms with Crippen LogP contribution in [0.1, 0.15) is 23.8 Å². The average molecular weight is 268 g/mol. The van der Waals surface area contributed by atoms with E-state index in [0.29, 0.717) is 13.2 Å². The predicted molar refractivity (Wildman–Crippen MR) is 72.7 cm³/mol. The molecule has 1 saturated heterocycles. The third-order valence-electron chi connectivity index (χ3n) is 3.19. The second kappa shape index (κ2) is 6.31. The van der Waals surface area contributed by atoms with E-state index in [1.807, 2.05) is 20.2 Å². The van der Waals surface area contributed by atoms with Crippen LogP contribution in [0.5, 0.6) is 0 Å². The molecule has 4 nitrogen and oxygen atoms in total. The lowest BCUT2D eigenvalue weighted by molar-refractivity contribution is -0.130. The van der Waals surface area contributed by atoms with Gasteiger partial charge in [-0.15, -0.1) is 11.3 Å². The monoisotopic (exact) mass is 268 g/mol. The van der Waals surface area contributed by atoms with Crippen molar-refractivity contribution in [1.82, 2.24) is 10.2 Å². The van der Waals surface area contributed by atoms with Crippen LogP contribution in [0, 0.1) is 0 Å². The van der Waals surface area contributed by atoms with Crippen LogP contribution in [0.3, 0.4) is 0 Å². The van der Waals surface area contributed by atoms with Crippen LogP contribution in [0.2, 0.25) is 0 Å². The fourth-order valence-corrected chi connectivity index (χ4v) is 3.04. The first-order valence-corrected chi connectivity index (χ1v) is 7.15. The van der Waals surface area contributed by atoms with Gasteiger partial charge in [0.2, 0.25) is 5.91 Å². The Morgan fingerprint density at radius 2 is 2.50 bits per heavy atom. The number of hydrogen-bond acceptors (Lipinski definition) is 4. The molecule has 5 heteroatoms. The first-order valence-electron chi connectivity index (χ1n) is 6.27. The number of nitrogens with zero attached hydrogens (tertiary/aromatic N) is 1. The molecule has 2 rings (SSSR count). The molecule has 0 bridgehead atoms. The van der Waals surface area contributed by atoms with E-state index in [4.69, 9.17) is 4.74 Å². The van der Waals surface area contributed by atoms with Gasteiger partial charge in [-0.05, 0) is 38.4 Å². The maximum absolute atomic E-state index is 11.9. The summed E-state index contributed by atoms with van der Waals surface area (Å²) in [5.41, 5.74) is 0. The van der Waals surface area contributed by atoms with Gasteiger partial charge >= 0.3 is 0 Å². The zero-order chi connectivity index (χ0) is 13.0. The van der Waals surface area contributed by atoms with Gasteiger partial charge in [-0.25, -0.2) is 0 Å². The zero-order valence-corrected chi connectivity index (χ0v) is 11.7. The molecular formula is C13H20N2O2S. The molecular weight excluding hydrogens is 248 g/mol. The molecule has 0 spiro atoms. The summed E-state index contributed by atoms with van der Waals surface area (Å²) in [7, 11) is 4.06. The summed E-state index contributed by atoms with van der Waals surface area (Å²) >= 11 is 1.72. The molecule has 1 aromatic heterocycles. The lowest BCUT2D eigenvalue weighted by Crippen LogP contribution is -2.39. The van der Waals surface area contributed by atoms with E-state index in [1.54, 1.807) is 11.3 Å². The van der Waals surface area contributed by atoms with Crippen LogP contribution in [0.25, 0.3) is 0 Å². The summed E-state index contributed by atoms with van der Waals surface area (Å²) in [6.45, 7) is 1.34. The Labute approximate surface area is 112 Å². The fourth-order valence-electron chi connectivity index (χ4n) is 2.11. The van der Waals surface area contributed by atoms with Crippen molar-refractivity contribution in [3.8, 4) is 0 Å². The van der Waals surface area contributed by atoms with Gasteiger partial charge in [0.25, 0.3) is 0 Å². The van der Waals surface area contributed by atoms with Gasteiger partial charge in [0.1, 0.15) is 6.10 Å². The van der Waals surface area contributed by atoms with Crippen molar-refractivity contribution in [2.45, 2.75) is 25.0 Å². The molecule has 1 fully saturated rings. The Hall–Kier alpha value is -0.910. The number of amides is 1. The van der Waals surface area contributed by atoms with Crippen molar-refractivity contribution in [2.75, 3.05) is 27.2 Å². The molecule has 0 saturated carbocycles. The largest absolute Gasteiger partial charge is 0.368 e. The molecule has 1 aliphatic heterocycles. The van der Waals surface area contributed by atoms with Gasteiger partial charge in [-0.2, -0.15) is 0 Å². The van der Waals surface area contributed by atoms with E-state index in [2.05, 4.69) is 21.7 Å². The minimum Gasteiger partial charge on any atom is -0.368 e. The van der Waals surface area contributed by atoms with Crippen molar-refractivity contribution < 1.29 is 9.53 Å². The molecule has 0 radical (unpaired) electrons. The van der Waals surface area contributed by atoms with Crippen LogP contribution < -0.4 is 5.32 Å². The van der Waals surface area contributed by atoms with Crippen molar-refractivity contribution in [1.29, 1.82) is 0 Å². The predicted octanol–water partition coefficient (Wildman–Crippen LogP) is 1.65. The third kappa shape index (κ3) is 3.31. The number of hydrogen-bond donors (Lipinski definition) is 1. The maximum Gasteiger partial charge on any atom is 0.249 e. The molecule has 1 amide bonds. The molecule has 2 heterocycles. The van der Waals surface area contributed by atoms with Gasteiger partial charge in [-0.1, -0.05) is 6.07 Å². The van der Waals surface area contributed by atoms with E-state index in [0.717, 1.165) is 12.8 Å². The highest BCUT2D eigenvalue weighted by molar-refractivity contribution is 7.10. The minimum absolute atomic E-state index is 0.0240. The molecule has 0 unspecified atom stereocenters. The molecule has 0 aromatic carbocycles. The number of likely N-dealkylation sites (N-methyl/N-ethyl adjacent to an activating group) is 1. The Morgan fingerprint density at radius 1 is 1.67 bits per heavy atom. The van der Waals surface area contributed by atoms with Crippen molar-refractivity contribution >= 4 is 17.2 Å². The molecule has 100 valence electrons. The van der Waals surface area contributed by atoms with E-state index in [9.17, 15) is 4.79 Å². The summed E-state index contributed by atoms with van der Waals surface area (Å²) in [5.74, 6) is 0.0240. The smallest absolute Gasteiger partial charge is 0.249 e. The highest BCUT2D eigenvalue weighted by Gasteiger charge is 2.24. The Bertz CT molecular complexity index is 372. The summed E-state index contributed by atoms with van der Waals surface area (Å²) < 4.78 is 5.38. The van der Waals surface area contributed by atoms with Crippen molar-refractivity contribution in [3.63, 3.8) is 0 Å². The highest BCUT2D eigenvalue weighted by atomic mass is 32.1. The lowest BCUT2D eigenvalue weighted by Gasteiger charge is -2.24. The summed E-state index contributed by atoms with van der Waals surface area (Å²) in [6.07, 6.45) is 1.59. The Balaban J connectivity index is 1.88. The molecule has 1 aliphatic rings. The van der Waals surface area contributed by atoms with Crippen molar-refractivity contribution in [2.24, 2.45) is 0 Å². The van der Waals surface area contributed by atoms with Gasteiger partial charge in [0, 0.05) is 18.0 Å². The molecule has 18 heavy (non-hydrogen) atoms. The maximum atomic E-state index is 11.9. The number of thiophene rings is 1. The van der Waals surface area contributed by atoms with Crippen molar-refractivity contribution in [3.05, 3.63) is 22.4 Å². The van der Waals surface area contributed by atoms with E-state index in [-0.39, 0.29) is 18.1 Å². The SMILES string of the molecule is CN(C)[C@H](CNC(=O)[C@H]1CCCO1)c1cccs1. The van der Waals surface area contributed by atoms with Crippen LogP contribution in [-0.4, -0.2) is 44.2 Å². The standard InChI is InChI=1S/C13H20N2O2S/c1-15(2)10(12-6-4-8-18-12)9-14-13(16)11-5-3-7-17-11/h4,6,8,10-11H,3,5,7,9H2,1-2H3,(H,14,16)/t10-,11-/m1/s1. The van der Waals surface area contributed by atoms with Crippen LogP contribution in [-0.2, 0) is 9.53 Å². The number of carbonyl (C=O) groups is 1. The summed E-state index contributed by atoms with van der Waals surface area (Å²) in [4.78, 5) is 15.3. The number of carbonyl (C=O) groups excluding carboxylic acids is 1. The van der Waals surface area contributed by atoms with E-state index < -0.39 is 0 Å². The average Bonchev–Trinajstić information content (AvgIpc) is 3.01. The van der Waals surface area contributed by atoms with Gasteiger partial charge in [0.15, 0.2) is 0 Å². The van der Waals surface area contributed by atoms with Crippen LogP contribution >= 0.6 is 11.3 Å². The first-order chi connectivity index (χ1) is 8.68. The van der Waals surface area contributed by atoms with Crippen LogP contribution in [0.4, 0.5) is 0 Å². The summed E-state index contributed by atoms with van der Waals surface area (Å²) in [5, 5.41) is 5.06. The Kier molecular flexibility index (Phi) is 4.74. The summed E-state index contributed by atoms with van der Waals surface area (Å²) in [6, 6.07) is 4.38. The van der Waals surface area contributed by atoms with Gasteiger partial charge in [-0.3, -0.25) is 4.79 Å². The minimum atomic E-state index is -0.240. The lowest BCUT2D eigenvalue weighted by atomic mass is 10.2. The molecule has 2 atom stereocenters. The topological polar surface area (TPSA) is 41.6 Å². The normalized spacial score (nSPS) is 21.2. The molecule has 0 aliphatic carbocycles. The third-order valence-corrected chi connectivity index (χ3v) is 4.16. The van der Waals surface area contributed by atoms with Gasteiger partial charge < -0.3 is 15.0 Å². The fraction of sp³-hybridized carbons (Fsp3) is 0.615. The van der Waals surface area contributed by atoms with E-state index >= 15 is 0 Å². The first kappa shape index (κ1) is 13.5. The molecule has 1 N–H and O–H groups in total. The number of nitrogens with one attached hydrogen (secondary N) is 1.